The number of carbonyl (C=O) groups excluding carboxylic acids is 1. The van der Waals surface area contributed by atoms with Crippen LogP contribution in [-0.2, 0) is 0 Å². The van der Waals surface area contributed by atoms with E-state index in [9.17, 15) is 9.59 Å². The van der Waals surface area contributed by atoms with Crippen LogP contribution in [0.1, 0.15) is 31.5 Å². The number of anilines is 2. The van der Waals surface area contributed by atoms with Gasteiger partial charge in [0.1, 0.15) is 11.6 Å². The number of nitrogens with one attached hydrogen (secondary N) is 2. The maximum Gasteiger partial charge on any atom is 0.329 e. The molecule has 2 amide bonds. The number of allylic oxidation sites excluding steroid dienone is 2. The number of carbonyl (C=O) groups is 1. The van der Waals surface area contributed by atoms with Crippen molar-refractivity contribution >= 4 is 63.6 Å². The van der Waals surface area contributed by atoms with E-state index in [4.69, 9.17) is 11.6 Å². The number of hydrogen-bond donors (Lipinski definition) is 2. The second-order valence-corrected chi connectivity index (χ2v) is 11.6. The smallest absolute Gasteiger partial charge is 0.329 e. The molecule has 0 bridgehead atoms. The van der Waals surface area contributed by atoms with Gasteiger partial charge in [0, 0.05) is 24.5 Å². The van der Waals surface area contributed by atoms with Crippen molar-refractivity contribution in [2.45, 2.75) is 32.6 Å². The van der Waals surface area contributed by atoms with Gasteiger partial charge in [-0.3, -0.25) is 14.1 Å². The van der Waals surface area contributed by atoms with Crippen molar-refractivity contribution in [3.8, 4) is 5.69 Å². The first kappa shape index (κ1) is 25.7. The summed E-state index contributed by atoms with van der Waals surface area (Å²) in [5, 5.41) is 3.04. The van der Waals surface area contributed by atoms with Crippen molar-refractivity contribution < 1.29 is 9.18 Å². The SMILES string of the molecule is Cc1nc2cc(N3CCCC3)ccc2c(=O)n1-c1ccc(NC(=O)NSC2=CCCC=C(Cl)S2)cc1F. The van der Waals surface area contributed by atoms with E-state index in [1.807, 2.05) is 24.3 Å². The molecular formula is C26H25ClFN5O2S2. The molecule has 1 saturated heterocycles. The highest BCUT2D eigenvalue weighted by atomic mass is 35.5. The molecule has 3 aromatic rings. The normalized spacial score (nSPS) is 15.8. The van der Waals surface area contributed by atoms with Crippen molar-refractivity contribution in [1.82, 2.24) is 14.3 Å². The molecule has 3 heterocycles. The molecule has 37 heavy (non-hydrogen) atoms. The first-order valence-electron chi connectivity index (χ1n) is 11.9. The lowest BCUT2D eigenvalue weighted by atomic mass is 10.2. The molecule has 2 aliphatic rings. The lowest BCUT2D eigenvalue weighted by molar-refractivity contribution is 0.257. The van der Waals surface area contributed by atoms with Gasteiger partial charge in [-0.1, -0.05) is 35.5 Å². The van der Waals surface area contributed by atoms with Gasteiger partial charge >= 0.3 is 6.03 Å². The van der Waals surface area contributed by atoms with Crippen LogP contribution in [0.3, 0.4) is 0 Å². The standard InChI is InChI=1S/C26H25ClFN5O2S2/c1-16-29-21-15-18(32-12-4-5-13-32)9-10-19(21)25(34)33(16)22-11-8-17(14-20(22)28)30-26(35)31-37-24-7-3-2-6-23(27)36-24/h6-11,14-15H,2-5,12-13H2,1H3,(H2,30,31,35). The van der Waals surface area contributed by atoms with Crippen LogP contribution in [0.5, 0.6) is 0 Å². The van der Waals surface area contributed by atoms with Gasteiger partial charge in [0.15, 0.2) is 0 Å². The van der Waals surface area contributed by atoms with Gasteiger partial charge in [0.05, 0.1) is 25.2 Å². The van der Waals surface area contributed by atoms with E-state index in [1.54, 1.807) is 19.1 Å². The Hall–Kier alpha value is -2.95. The Balaban J connectivity index is 1.33. The molecule has 192 valence electrons. The van der Waals surface area contributed by atoms with E-state index in [2.05, 4.69) is 19.9 Å². The molecule has 0 unspecified atom stereocenters. The molecule has 0 spiro atoms. The molecule has 2 aliphatic heterocycles. The molecule has 2 N–H and O–H groups in total. The van der Waals surface area contributed by atoms with Crippen LogP contribution < -0.4 is 20.5 Å². The highest BCUT2D eigenvalue weighted by Crippen LogP contribution is 2.37. The minimum atomic E-state index is -0.649. The fraction of sp³-hybridized carbons (Fsp3) is 0.269. The summed E-state index contributed by atoms with van der Waals surface area (Å²) in [7, 11) is 0. The van der Waals surface area contributed by atoms with E-state index in [1.165, 1.54) is 28.5 Å². The average Bonchev–Trinajstić information content (AvgIpc) is 3.33. The first-order chi connectivity index (χ1) is 17.9. The molecular weight excluding hydrogens is 533 g/mol. The number of nitrogens with zero attached hydrogens (tertiary/aromatic N) is 3. The number of aryl methyl sites for hydroxylation is 1. The van der Waals surface area contributed by atoms with Gasteiger partial charge in [0.2, 0.25) is 0 Å². The monoisotopic (exact) mass is 557 g/mol. The number of thioether (sulfide) groups is 1. The topological polar surface area (TPSA) is 79.3 Å². The van der Waals surface area contributed by atoms with Gasteiger partial charge < -0.3 is 10.2 Å². The summed E-state index contributed by atoms with van der Waals surface area (Å²) in [6.45, 7) is 3.67. The van der Waals surface area contributed by atoms with Gasteiger partial charge in [-0.05, 0) is 81.0 Å². The van der Waals surface area contributed by atoms with E-state index < -0.39 is 11.8 Å². The van der Waals surface area contributed by atoms with Crippen LogP contribution >= 0.6 is 35.3 Å². The minimum absolute atomic E-state index is 0.0716. The highest BCUT2D eigenvalue weighted by molar-refractivity contribution is 8.24. The Kier molecular flexibility index (Phi) is 7.78. The number of urea groups is 1. The van der Waals surface area contributed by atoms with E-state index in [0.717, 1.165) is 60.6 Å². The average molecular weight is 558 g/mol. The van der Waals surface area contributed by atoms with Crippen molar-refractivity contribution in [2.75, 3.05) is 23.3 Å². The maximum absolute atomic E-state index is 15.2. The van der Waals surface area contributed by atoms with Gasteiger partial charge in [-0.15, -0.1) is 0 Å². The third-order valence-corrected chi connectivity index (χ3v) is 8.43. The number of benzene rings is 2. The Labute approximate surface area is 227 Å². The molecule has 11 heteroatoms. The van der Waals surface area contributed by atoms with Crippen molar-refractivity contribution in [1.29, 1.82) is 0 Å². The second-order valence-electron chi connectivity index (χ2n) is 8.73. The number of hydrogen-bond acceptors (Lipinski definition) is 6. The third kappa shape index (κ3) is 5.81. The van der Waals surface area contributed by atoms with Crippen molar-refractivity contribution in [2.24, 2.45) is 0 Å². The Morgan fingerprint density at radius 2 is 1.92 bits per heavy atom. The largest absolute Gasteiger partial charge is 0.371 e. The Morgan fingerprint density at radius 1 is 1.14 bits per heavy atom. The van der Waals surface area contributed by atoms with E-state index in [-0.39, 0.29) is 16.9 Å². The third-order valence-electron chi connectivity index (χ3n) is 6.16. The minimum Gasteiger partial charge on any atom is -0.371 e. The van der Waals surface area contributed by atoms with Crippen LogP contribution in [-0.4, -0.2) is 28.7 Å². The zero-order chi connectivity index (χ0) is 25.9. The highest BCUT2D eigenvalue weighted by Gasteiger charge is 2.17. The summed E-state index contributed by atoms with van der Waals surface area (Å²) >= 11 is 8.62. The van der Waals surface area contributed by atoms with Crippen LogP contribution in [0.4, 0.5) is 20.6 Å². The fourth-order valence-electron chi connectivity index (χ4n) is 4.40. The zero-order valence-corrected chi connectivity index (χ0v) is 22.5. The molecule has 0 atom stereocenters. The van der Waals surface area contributed by atoms with Crippen LogP contribution in [0.2, 0.25) is 0 Å². The summed E-state index contributed by atoms with van der Waals surface area (Å²) < 4.78 is 20.6. The zero-order valence-electron chi connectivity index (χ0n) is 20.1. The summed E-state index contributed by atoms with van der Waals surface area (Å²) in [4.78, 5) is 32.6. The molecule has 1 aromatic heterocycles. The first-order valence-corrected chi connectivity index (χ1v) is 14.0. The van der Waals surface area contributed by atoms with Crippen molar-refractivity contribution in [3.05, 3.63) is 79.1 Å². The summed E-state index contributed by atoms with van der Waals surface area (Å²) in [6.07, 6.45) is 7.93. The van der Waals surface area contributed by atoms with Gasteiger partial charge in [0.25, 0.3) is 5.56 Å². The molecule has 0 saturated carbocycles. The fourth-order valence-corrected chi connectivity index (χ4v) is 6.50. The van der Waals surface area contributed by atoms with Gasteiger partial charge in [-0.2, -0.15) is 0 Å². The Bertz CT molecular complexity index is 1480. The lowest BCUT2D eigenvalue weighted by Crippen LogP contribution is -2.25. The van der Waals surface area contributed by atoms with Gasteiger partial charge in [-0.25, -0.2) is 14.2 Å². The summed E-state index contributed by atoms with van der Waals surface area (Å²) in [5.41, 5.74) is 1.62. The summed E-state index contributed by atoms with van der Waals surface area (Å²) in [5.74, 6) is -0.267. The molecule has 0 radical (unpaired) electrons. The molecule has 5 rings (SSSR count). The van der Waals surface area contributed by atoms with E-state index in [0.29, 0.717) is 21.1 Å². The van der Waals surface area contributed by atoms with Crippen LogP contribution in [0, 0.1) is 12.7 Å². The van der Waals surface area contributed by atoms with Crippen molar-refractivity contribution in [3.63, 3.8) is 0 Å². The quantitative estimate of drug-likeness (QED) is 0.342. The maximum atomic E-state index is 15.2. The van der Waals surface area contributed by atoms with Crippen LogP contribution in [0.15, 0.2) is 61.9 Å². The number of fused-ring (bicyclic) bond motifs is 1. The molecule has 2 aromatic carbocycles. The predicted molar refractivity (Wildman–Crippen MR) is 152 cm³/mol. The van der Waals surface area contributed by atoms with E-state index >= 15 is 4.39 Å². The number of rotatable bonds is 5. The molecule has 7 nitrogen and oxygen atoms in total. The lowest BCUT2D eigenvalue weighted by Gasteiger charge is -2.18. The molecule has 1 fully saturated rings. The number of halogens is 2. The number of amides is 2. The Morgan fingerprint density at radius 3 is 2.70 bits per heavy atom. The summed E-state index contributed by atoms with van der Waals surface area (Å²) in [6, 6.07) is 9.30. The number of aromatic nitrogens is 2. The van der Waals surface area contributed by atoms with Crippen LogP contribution in [0.25, 0.3) is 16.6 Å². The second kappa shape index (κ2) is 11.2. The predicted octanol–water partition coefficient (Wildman–Crippen LogP) is 6.65. The molecule has 0 aliphatic carbocycles.